The molecular weight excluding hydrogens is 276 g/mol. The second-order valence-corrected chi connectivity index (χ2v) is 5.11. The first-order valence-corrected chi connectivity index (χ1v) is 6.76. The maximum atomic E-state index is 12.3. The fourth-order valence-electron chi connectivity index (χ4n) is 2.64. The van der Waals surface area contributed by atoms with Crippen LogP contribution in [0.4, 0.5) is 0 Å². The summed E-state index contributed by atoms with van der Waals surface area (Å²) < 4.78 is 5.41. The van der Waals surface area contributed by atoms with Gasteiger partial charge in [-0.3, -0.25) is 4.79 Å². The molecule has 1 amide bonds. The molecule has 108 valence electrons. The summed E-state index contributed by atoms with van der Waals surface area (Å²) in [4.78, 5) is 12.3. The van der Waals surface area contributed by atoms with Crippen molar-refractivity contribution in [1.29, 1.82) is 0 Å². The minimum absolute atomic E-state index is 0. The first-order chi connectivity index (χ1) is 9.25. The Kier molecular flexibility index (Phi) is 4.68. The van der Waals surface area contributed by atoms with Gasteiger partial charge in [-0.25, -0.2) is 0 Å². The summed E-state index contributed by atoms with van der Waals surface area (Å²) in [7, 11) is 0. The average Bonchev–Trinajstić information content (AvgIpc) is 2.85. The molecule has 1 aromatic heterocycles. The number of piperidine rings is 1. The predicted octanol–water partition coefficient (Wildman–Crippen LogP) is 2.72. The Labute approximate surface area is 124 Å². The lowest BCUT2D eigenvalue weighted by atomic mass is 9.99. The van der Waals surface area contributed by atoms with Gasteiger partial charge in [0.2, 0.25) is 0 Å². The van der Waals surface area contributed by atoms with Crippen molar-refractivity contribution in [2.24, 2.45) is 0 Å². The van der Waals surface area contributed by atoms with Crippen molar-refractivity contribution in [3.8, 4) is 0 Å². The summed E-state index contributed by atoms with van der Waals surface area (Å²) in [5.74, 6) is -0.0505. The van der Waals surface area contributed by atoms with Gasteiger partial charge in [0.25, 0.3) is 5.91 Å². The number of fused-ring (bicyclic) bond motifs is 1. The number of amides is 1. The van der Waals surface area contributed by atoms with Crippen LogP contribution in [0.5, 0.6) is 0 Å². The molecule has 1 aliphatic heterocycles. The molecule has 2 aromatic rings. The van der Waals surface area contributed by atoms with E-state index < -0.39 is 0 Å². The summed E-state index contributed by atoms with van der Waals surface area (Å²) in [5.41, 5.74) is 1.37. The smallest absolute Gasteiger partial charge is 0.255 e. The molecule has 5 heteroatoms. The number of hydrogen-bond donors (Lipinski definition) is 2. The van der Waals surface area contributed by atoms with E-state index in [4.69, 9.17) is 4.42 Å². The van der Waals surface area contributed by atoms with Gasteiger partial charge in [-0.2, -0.15) is 0 Å². The molecule has 20 heavy (non-hydrogen) atoms. The van der Waals surface area contributed by atoms with Crippen molar-refractivity contribution >= 4 is 29.3 Å². The van der Waals surface area contributed by atoms with Crippen molar-refractivity contribution in [3.05, 3.63) is 36.1 Å². The van der Waals surface area contributed by atoms with Gasteiger partial charge in [0, 0.05) is 17.5 Å². The van der Waals surface area contributed by atoms with E-state index in [1.807, 2.05) is 24.3 Å². The third-order valence-electron chi connectivity index (χ3n) is 3.80. The number of para-hydroxylation sites is 1. The minimum Gasteiger partial charge on any atom is -0.463 e. The molecule has 0 spiro atoms. The zero-order valence-corrected chi connectivity index (χ0v) is 12.2. The van der Waals surface area contributed by atoms with E-state index in [1.165, 1.54) is 0 Å². The van der Waals surface area contributed by atoms with Gasteiger partial charge in [0.05, 0.1) is 5.56 Å². The van der Waals surface area contributed by atoms with Crippen LogP contribution in [0.1, 0.15) is 30.1 Å². The molecule has 0 saturated carbocycles. The third-order valence-corrected chi connectivity index (χ3v) is 3.80. The average molecular weight is 295 g/mol. The number of furan rings is 1. The monoisotopic (exact) mass is 294 g/mol. The third kappa shape index (κ3) is 2.81. The number of halogens is 1. The van der Waals surface area contributed by atoms with Crippen LogP contribution in [-0.4, -0.2) is 24.5 Å². The van der Waals surface area contributed by atoms with Crippen LogP contribution in [0.25, 0.3) is 11.0 Å². The lowest BCUT2D eigenvalue weighted by Gasteiger charge is -2.30. The predicted molar refractivity (Wildman–Crippen MR) is 81.4 cm³/mol. The van der Waals surface area contributed by atoms with Crippen LogP contribution in [-0.2, 0) is 0 Å². The molecule has 1 saturated heterocycles. The van der Waals surface area contributed by atoms with E-state index in [1.54, 1.807) is 6.26 Å². The zero-order valence-electron chi connectivity index (χ0n) is 11.4. The fourth-order valence-corrected chi connectivity index (χ4v) is 2.64. The summed E-state index contributed by atoms with van der Waals surface area (Å²) in [6.45, 7) is 3.14. The number of nitrogens with one attached hydrogen (secondary N) is 2. The van der Waals surface area contributed by atoms with Crippen LogP contribution < -0.4 is 10.6 Å². The Balaban J connectivity index is 0.00000147. The zero-order chi connectivity index (χ0) is 13.2. The number of hydrogen-bond acceptors (Lipinski definition) is 3. The fraction of sp³-hybridized carbons (Fsp3) is 0.400. The first kappa shape index (κ1) is 14.9. The quantitative estimate of drug-likeness (QED) is 0.895. The van der Waals surface area contributed by atoms with Crippen molar-refractivity contribution in [2.75, 3.05) is 6.54 Å². The van der Waals surface area contributed by atoms with Gasteiger partial charge in [-0.05, 0) is 32.4 Å². The molecule has 3 rings (SSSR count). The van der Waals surface area contributed by atoms with E-state index in [0.29, 0.717) is 11.6 Å². The van der Waals surface area contributed by atoms with Crippen LogP contribution in [0.2, 0.25) is 0 Å². The summed E-state index contributed by atoms with van der Waals surface area (Å²) in [6.07, 6.45) is 3.66. The van der Waals surface area contributed by atoms with E-state index in [-0.39, 0.29) is 24.4 Å². The Morgan fingerprint density at radius 1 is 1.40 bits per heavy atom. The molecule has 1 aromatic carbocycles. The standard InChI is InChI=1S/C15H18N2O2.ClH/c1-10-13(6-4-8-16-10)17-15(18)12-9-19-14-7-3-2-5-11(12)14;/h2-3,5,7,9-10,13,16H,4,6,8H2,1H3,(H,17,18);1H. The number of rotatable bonds is 2. The van der Waals surface area contributed by atoms with E-state index >= 15 is 0 Å². The molecule has 2 N–H and O–H groups in total. The number of carbonyl (C=O) groups is 1. The highest BCUT2D eigenvalue weighted by Gasteiger charge is 2.24. The van der Waals surface area contributed by atoms with Crippen molar-refractivity contribution in [3.63, 3.8) is 0 Å². The van der Waals surface area contributed by atoms with E-state index in [9.17, 15) is 4.79 Å². The van der Waals surface area contributed by atoms with Crippen LogP contribution >= 0.6 is 12.4 Å². The Morgan fingerprint density at radius 2 is 2.20 bits per heavy atom. The molecule has 0 aliphatic carbocycles. The first-order valence-electron chi connectivity index (χ1n) is 6.76. The van der Waals surface area contributed by atoms with E-state index in [2.05, 4.69) is 17.6 Å². The molecular formula is C15H19ClN2O2. The lowest BCUT2D eigenvalue weighted by Crippen LogP contribution is -2.51. The minimum atomic E-state index is -0.0505. The van der Waals surface area contributed by atoms with Gasteiger partial charge in [-0.15, -0.1) is 12.4 Å². The molecule has 4 nitrogen and oxygen atoms in total. The van der Waals surface area contributed by atoms with Gasteiger partial charge in [0.15, 0.2) is 0 Å². The highest BCUT2D eigenvalue weighted by Crippen LogP contribution is 2.21. The normalized spacial score (nSPS) is 22.2. The van der Waals surface area contributed by atoms with Crippen LogP contribution in [0, 0.1) is 0 Å². The molecule has 2 unspecified atom stereocenters. The summed E-state index contributed by atoms with van der Waals surface area (Å²) in [5, 5.41) is 7.36. The molecule has 1 aliphatic rings. The Morgan fingerprint density at radius 3 is 3.00 bits per heavy atom. The topological polar surface area (TPSA) is 54.3 Å². The maximum Gasteiger partial charge on any atom is 0.255 e. The van der Waals surface area contributed by atoms with Gasteiger partial charge in [-0.1, -0.05) is 18.2 Å². The SMILES string of the molecule is CC1NCCCC1NC(=O)c1coc2ccccc12.Cl. The van der Waals surface area contributed by atoms with Crippen molar-refractivity contribution in [1.82, 2.24) is 10.6 Å². The lowest BCUT2D eigenvalue weighted by molar-refractivity contribution is 0.0920. The largest absolute Gasteiger partial charge is 0.463 e. The maximum absolute atomic E-state index is 12.3. The van der Waals surface area contributed by atoms with E-state index in [0.717, 1.165) is 30.4 Å². The number of benzene rings is 1. The van der Waals surface area contributed by atoms with Gasteiger partial charge in [0.1, 0.15) is 11.8 Å². The van der Waals surface area contributed by atoms with Crippen LogP contribution in [0.15, 0.2) is 34.9 Å². The molecule has 0 radical (unpaired) electrons. The molecule has 2 atom stereocenters. The Bertz CT molecular complexity index is 596. The van der Waals surface area contributed by atoms with Crippen molar-refractivity contribution in [2.45, 2.75) is 31.8 Å². The van der Waals surface area contributed by atoms with Crippen LogP contribution in [0.3, 0.4) is 0 Å². The second kappa shape index (κ2) is 6.29. The summed E-state index contributed by atoms with van der Waals surface area (Å²) >= 11 is 0. The molecule has 1 fully saturated rings. The molecule has 0 bridgehead atoms. The highest BCUT2D eigenvalue weighted by molar-refractivity contribution is 6.06. The highest BCUT2D eigenvalue weighted by atomic mass is 35.5. The summed E-state index contributed by atoms with van der Waals surface area (Å²) in [6, 6.07) is 8.11. The van der Waals surface area contributed by atoms with Crippen molar-refractivity contribution < 1.29 is 9.21 Å². The Hall–Kier alpha value is -1.52. The number of carbonyl (C=O) groups excluding carboxylic acids is 1. The van der Waals surface area contributed by atoms with Gasteiger partial charge >= 0.3 is 0 Å². The van der Waals surface area contributed by atoms with Gasteiger partial charge < -0.3 is 15.1 Å². The molecule has 2 heterocycles. The second-order valence-electron chi connectivity index (χ2n) is 5.11.